The van der Waals surface area contributed by atoms with E-state index in [0.717, 1.165) is 0 Å². The number of hydrogen-bond donors (Lipinski definition) is 2. The predicted molar refractivity (Wildman–Crippen MR) is 73.4 cm³/mol. The molecule has 0 aromatic carbocycles. The van der Waals surface area contributed by atoms with Gasteiger partial charge in [-0.05, 0) is 47.5 Å². The van der Waals surface area contributed by atoms with Gasteiger partial charge in [0.1, 0.15) is 5.60 Å². The second kappa shape index (κ2) is 5.24. The molecule has 1 heterocycles. The number of piperidine rings is 1. The molecule has 1 saturated heterocycles. The van der Waals surface area contributed by atoms with Gasteiger partial charge in [0.15, 0.2) is 0 Å². The Kier molecular flexibility index (Phi) is 4.39. The van der Waals surface area contributed by atoms with Crippen LogP contribution in [0.25, 0.3) is 0 Å². The summed E-state index contributed by atoms with van der Waals surface area (Å²) in [5.41, 5.74) is -3.12. The van der Waals surface area contributed by atoms with Crippen LogP contribution in [0.5, 0.6) is 0 Å². The third-order valence-electron chi connectivity index (χ3n) is 3.94. The van der Waals surface area contributed by atoms with Crippen LogP contribution in [0.2, 0.25) is 0 Å². The van der Waals surface area contributed by atoms with Crippen molar-refractivity contribution in [1.82, 2.24) is 4.90 Å². The standard InChI is InChI=1S/C14H25NO5/c1-12(2,3)20-11(18)15-8-6-14(19,7-9-15)13(4,5)10(16)17/h19H,6-9H2,1-5H3,(H,16,17). The lowest BCUT2D eigenvalue weighted by molar-refractivity contribution is -0.170. The lowest BCUT2D eigenvalue weighted by atomic mass is 9.69. The maximum Gasteiger partial charge on any atom is 0.410 e. The summed E-state index contributed by atoms with van der Waals surface area (Å²) in [6, 6.07) is 0. The molecule has 6 nitrogen and oxygen atoms in total. The number of likely N-dealkylation sites (tertiary alicyclic amines) is 1. The first-order chi connectivity index (χ1) is 8.89. The van der Waals surface area contributed by atoms with E-state index in [2.05, 4.69) is 0 Å². The second-order valence-corrected chi connectivity index (χ2v) is 6.93. The van der Waals surface area contributed by atoms with E-state index in [-0.39, 0.29) is 12.8 Å². The molecule has 0 atom stereocenters. The minimum absolute atomic E-state index is 0.228. The van der Waals surface area contributed by atoms with Crippen LogP contribution < -0.4 is 0 Å². The molecular weight excluding hydrogens is 262 g/mol. The molecule has 0 unspecified atom stereocenters. The minimum atomic E-state index is -1.31. The van der Waals surface area contributed by atoms with Crippen molar-refractivity contribution in [2.24, 2.45) is 5.41 Å². The molecule has 1 amide bonds. The number of ether oxygens (including phenoxy) is 1. The van der Waals surface area contributed by atoms with Gasteiger partial charge in [0.25, 0.3) is 0 Å². The number of aliphatic hydroxyl groups is 1. The highest BCUT2D eigenvalue weighted by molar-refractivity contribution is 5.75. The molecule has 20 heavy (non-hydrogen) atoms. The van der Waals surface area contributed by atoms with Crippen LogP contribution in [0.1, 0.15) is 47.5 Å². The summed E-state index contributed by atoms with van der Waals surface area (Å²) >= 11 is 0. The smallest absolute Gasteiger partial charge is 0.410 e. The van der Waals surface area contributed by atoms with Crippen molar-refractivity contribution in [1.29, 1.82) is 0 Å². The minimum Gasteiger partial charge on any atom is -0.481 e. The van der Waals surface area contributed by atoms with Gasteiger partial charge in [-0.15, -0.1) is 0 Å². The summed E-state index contributed by atoms with van der Waals surface area (Å²) < 4.78 is 5.27. The number of hydrogen-bond acceptors (Lipinski definition) is 4. The van der Waals surface area contributed by atoms with Gasteiger partial charge in [-0.1, -0.05) is 0 Å². The maximum absolute atomic E-state index is 11.9. The van der Waals surface area contributed by atoms with E-state index in [1.165, 1.54) is 18.7 Å². The first-order valence-corrected chi connectivity index (χ1v) is 6.83. The Labute approximate surface area is 119 Å². The van der Waals surface area contributed by atoms with Crippen molar-refractivity contribution >= 4 is 12.1 Å². The van der Waals surface area contributed by atoms with E-state index in [4.69, 9.17) is 4.74 Å². The summed E-state index contributed by atoms with van der Waals surface area (Å²) in [4.78, 5) is 24.7. The van der Waals surface area contributed by atoms with Crippen molar-refractivity contribution in [3.05, 3.63) is 0 Å². The van der Waals surface area contributed by atoms with Gasteiger partial charge in [-0.25, -0.2) is 4.79 Å². The van der Waals surface area contributed by atoms with Gasteiger partial charge in [0, 0.05) is 13.1 Å². The van der Waals surface area contributed by atoms with Crippen molar-refractivity contribution in [3.63, 3.8) is 0 Å². The Balaban J connectivity index is 2.68. The number of amides is 1. The Hall–Kier alpha value is -1.30. The molecule has 1 aliphatic rings. The van der Waals surface area contributed by atoms with Crippen LogP contribution in [0, 0.1) is 5.41 Å². The van der Waals surface area contributed by atoms with Crippen molar-refractivity contribution in [2.75, 3.05) is 13.1 Å². The molecule has 0 aromatic heterocycles. The molecule has 116 valence electrons. The first-order valence-electron chi connectivity index (χ1n) is 6.83. The van der Waals surface area contributed by atoms with Crippen LogP contribution in [-0.2, 0) is 9.53 Å². The van der Waals surface area contributed by atoms with Crippen LogP contribution in [0.15, 0.2) is 0 Å². The lowest BCUT2D eigenvalue weighted by Crippen LogP contribution is -2.57. The average Bonchev–Trinajstić information content (AvgIpc) is 2.27. The molecule has 0 saturated carbocycles. The number of aliphatic carboxylic acids is 1. The molecule has 6 heteroatoms. The van der Waals surface area contributed by atoms with Crippen molar-refractivity contribution in [3.8, 4) is 0 Å². The first kappa shape index (κ1) is 16.8. The fourth-order valence-electron chi connectivity index (χ4n) is 2.21. The summed E-state index contributed by atoms with van der Waals surface area (Å²) in [6.07, 6.45) is 0.0320. The van der Waals surface area contributed by atoms with E-state index in [9.17, 15) is 19.8 Å². The zero-order valence-corrected chi connectivity index (χ0v) is 12.9. The zero-order valence-electron chi connectivity index (χ0n) is 12.9. The Morgan fingerprint density at radius 1 is 1.10 bits per heavy atom. The van der Waals surface area contributed by atoms with Gasteiger partial charge in [-0.2, -0.15) is 0 Å². The van der Waals surface area contributed by atoms with Crippen molar-refractivity contribution < 1.29 is 24.5 Å². The number of carbonyl (C=O) groups excluding carboxylic acids is 1. The van der Waals surface area contributed by atoms with Crippen LogP contribution >= 0.6 is 0 Å². The van der Waals surface area contributed by atoms with E-state index >= 15 is 0 Å². The zero-order chi connectivity index (χ0) is 15.8. The topological polar surface area (TPSA) is 87.1 Å². The van der Waals surface area contributed by atoms with Crippen LogP contribution in [-0.4, -0.2) is 51.5 Å². The largest absolute Gasteiger partial charge is 0.481 e. The second-order valence-electron chi connectivity index (χ2n) is 6.93. The molecule has 0 radical (unpaired) electrons. The number of carbonyl (C=O) groups is 2. The predicted octanol–water partition coefficient (Wildman–Crippen LogP) is 1.86. The summed E-state index contributed by atoms with van der Waals surface area (Å²) in [6.45, 7) is 8.98. The fourth-order valence-corrected chi connectivity index (χ4v) is 2.21. The monoisotopic (exact) mass is 287 g/mol. The normalized spacial score (nSPS) is 19.6. The highest BCUT2D eigenvalue weighted by Gasteiger charge is 2.51. The molecule has 1 rings (SSSR count). The number of carboxylic acids is 1. The summed E-state index contributed by atoms with van der Waals surface area (Å²) in [5.74, 6) is -1.04. The quantitative estimate of drug-likeness (QED) is 0.809. The molecular formula is C14H25NO5. The lowest BCUT2D eigenvalue weighted by Gasteiger charge is -2.45. The highest BCUT2D eigenvalue weighted by atomic mass is 16.6. The van der Waals surface area contributed by atoms with Crippen LogP contribution in [0.3, 0.4) is 0 Å². The van der Waals surface area contributed by atoms with Crippen LogP contribution in [0.4, 0.5) is 4.79 Å². The highest BCUT2D eigenvalue weighted by Crippen LogP contribution is 2.39. The third-order valence-corrected chi connectivity index (χ3v) is 3.94. The molecule has 0 spiro atoms. The molecule has 0 aliphatic carbocycles. The number of rotatable bonds is 2. The van der Waals surface area contributed by atoms with Gasteiger partial charge in [-0.3, -0.25) is 4.79 Å². The Morgan fingerprint density at radius 2 is 1.55 bits per heavy atom. The van der Waals surface area contributed by atoms with Gasteiger partial charge in [0.05, 0.1) is 11.0 Å². The van der Waals surface area contributed by atoms with Gasteiger partial charge >= 0.3 is 12.1 Å². The molecule has 0 bridgehead atoms. The SMILES string of the molecule is CC(C)(C)OC(=O)N1CCC(O)(C(C)(C)C(=O)O)CC1. The molecule has 2 N–H and O–H groups in total. The van der Waals surface area contributed by atoms with E-state index < -0.39 is 28.7 Å². The number of carboxylic acid groups (broad SMARTS) is 1. The third kappa shape index (κ3) is 3.42. The summed E-state index contributed by atoms with van der Waals surface area (Å²) in [7, 11) is 0. The Morgan fingerprint density at radius 3 is 1.90 bits per heavy atom. The molecule has 1 fully saturated rings. The van der Waals surface area contributed by atoms with E-state index in [1.807, 2.05) is 0 Å². The van der Waals surface area contributed by atoms with E-state index in [1.54, 1.807) is 20.8 Å². The fraction of sp³-hybridized carbons (Fsp3) is 0.857. The van der Waals surface area contributed by atoms with Gasteiger partial charge in [0.2, 0.25) is 0 Å². The van der Waals surface area contributed by atoms with Gasteiger partial charge < -0.3 is 19.8 Å². The summed E-state index contributed by atoms with van der Waals surface area (Å²) in [5, 5.41) is 19.8. The molecule has 1 aliphatic heterocycles. The molecule has 0 aromatic rings. The van der Waals surface area contributed by atoms with Crippen molar-refractivity contribution in [2.45, 2.75) is 58.7 Å². The van der Waals surface area contributed by atoms with E-state index in [0.29, 0.717) is 13.1 Å². The Bertz CT molecular complexity index is 389. The number of nitrogens with zero attached hydrogens (tertiary/aromatic N) is 1. The average molecular weight is 287 g/mol. The maximum atomic E-state index is 11.9.